The van der Waals surface area contributed by atoms with Gasteiger partial charge in [-0.15, -0.1) is 11.3 Å². The molecule has 0 saturated carbocycles. The second kappa shape index (κ2) is 5.88. The maximum atomic E-state index is 11.6. The number of hydrogen-bond acceptors (Lipinski definition) is 6. The van der Waals surface area contributed by atoms with Gasteiger partial charge in [-0.25, -0.2) is 9.78 Å². The molecular formula is C13H21N3O2S. The van der Waals surface area contributed by atoms with Gasteiger partial charge < -0.3 is 14.5 Å². The number of esters is 1. The van der Waals surface area contributed by atoms with Crippen molar-refractivity contribution in [2.45, 2.75) is 19.9 Å². The van der Waals surface area contributed by atoms with Crippen molar-refractivity contribution in [2.24, 2.45) is 5.92 Å². The highest BCUT2D eigenvalue weighted by atomic mass is 32.1. The van der Waals surface area contributed by atoms with Crippen molar-refractivity contribution in [3.8, 4) is 0 Å². The number of ether oxygens (including phenoxy) is 1. The standard InChI is InChI=1S/C13H21N3O2S/c1-5-18-12(17)10-8-19-13(14-10)16-6-9(2)11(7-16)15(3)4/h8-9,11H,5-7H2,1-4H3. The summed E-state index contributed by atoms with van der Waals surface area (Å²) in [7, 11) is 4.22. The van der Waals surface area contributed by atoms with Crippen LogP contribution in [0.5, 0.6) is 0 Å². The van der Waals surface area contributed by atoms with Gasteiger partial charge in [0.2, 0.25) is 0 Å². The third-order valence-corrected chi connectivity index (χ3v) is 4.38. The Hall–Kier alpha value is -1.14. The molecule has 2 atom stereocenters. The molecule has 6 heteroatoms. The Bertz CT molecular complexity index is 447. The molecule has 2 heterocycles. The largest absolute Gasteiger partial charge is 0.461 e. The monoisotopic (exact) mass is 283 g/mol. The molecule has 19 heavy (non-hydrogen) atoms. The van der Waals surface area contributed by atoms with E-state index in [1.54, 1.807) is 12.3 Å². The molecule has 5 nitrogen and oxygen atoms in total. The molecule has 1 fully saturated rings. The summed E-state index contributed by atoms with van der Waals surface area (Å²) >= 11 is 1.51. The van der Waals surface area contributed by atoms with Crippen LogP contribution in [0.3, 0.4) is 0 Å². The fraction of sp³-hybridized carbons (Fsp3) is 0.692. The molecule has 1 aromatic rings. The maximum absolute atomic E-state index is 11.6. The number of hydrogen-bond donors (Lipinski definition) is 0. The Kier molecular flexibility index (Phi) is 4.42. The summed E-state index contributed by atoms with van der Waals surface area (Å²) in [4.78, 5) is 20.5. The summed E-state index contributed by atoms with van der Waals surface area (Å²) in [6, 6.07) is 0.537. The highest BCUT2D eigenvalue weighted by molar-refractivity contribution is 7.13. The van der Waals surface area contributed by atoms with Crippen LogP contribution in [0.4, 0.5) is 5.13 Å². The summed E-state index contributed by atoms with van der Waals surface area (Å²) in [6.07, 6.45) is 0. The molecule has 0 amide bonds. The number of likely N-dealkylation sites (N-methyl/N-ethyl adjacent to an activating group) is 1. The van der Waals surface area contributed by atoms with E-state index in [1.807, 2.05) is 0 Å². The lowest BCUT2D eigenvalue weighted by molar-refractivity contribution is 0.0520. The third-order valence-electron chi connectivity index (χ3n) is 3.48. The fourth-order valence-corrected chi connectivity index (χ4v) is 3.30. The number of anilines is 1. The first-order chi connectivity index (χ1) is 9.02. The van der Waals surface area contributed by atoms with Crippen LogP contribution in [0, 0.1) is 5.92 Å². The van der Waals surface area contributed by atoms with E-state index >= 15 is 0 Å². The highest BCUT2D eigenvalue weighted by Gasteiger charge is 2.32. The molecule has 1 aliphatic rings. The van der Waals surface area contributed by atoms with Crippen LogP contribution >= 0.6 is 11.3 Å². The Labute approximate surface area is 118 Å². The van der Waals surface area contributed by atoms with Crippen LogP contribution in [-0.4, -0.2) is 55.7 Å². The van der Waals surface area contributed by atoms with Gasteiger partial charge in [-0.1, -0.05) is 6.92 Å². The van der Waals surface area contributed by atoms with Crippen molar-refractivity contribution >= 4 is 22.4 Å². The van der Waals surface area contributed by atoms with E-state index < -0.39 is 0 Å². The van der Waals surface area contributed by atoms with E-state index in [2.05, 4.69) is 35.8 Å². The average Bonchev–Trinajstić information content (AvgIpc) is 2.95. The number of thiazole rings is 1. The molecule has 0 aliphatic carbocycles. The van der Waals surface area contributed by atoms with Crippen LogP contribution in [-0.2, 0) is 4.74 Å². The first-order valence-electron chi connectivity index (χ1n) is 6.57. The molecule has 0 aromatic carbocycles. The van der Waals surface area contributed by atoms with E-state index in [9.17, 15) is 4.79 Å². The highest BCUT2D eigenvalue weighted by Crippen LogP contribution is 2.28. The van der Waals surface area contributed by atoms with Crippen molar-refractivity contribution < 1.29 is 9.53 Å². The van der Waals surface area contributed by atoms with E-state index in [4.69, 9.17) is 4.74 Å². The molecule has 0 spiro atoms. The van der Waals surface area contributed by atoms with Crippen LogP contribution in [0.1, 0.15) is 24.3 Å². The fourth-order valence-electron chi connectivity index (χ4n) is 2.49. The molecule has 106 valence electrons. The molecule has 2 rings (SSSR count). The number of nitrogens with zero attached hydrogens (tertiary/aromatic N) is 3. The zero-order valence-electron chi connectivity index (χ0n) is 11.9. The zero-order chi connectivity index (χ0) is 14.0. The summed E-state index contributed by atoms with van der Waals surface area (Å²) in [5, 5.41) is 2.69. The van der Waals surface area contributed by atoms with Crippen LogP contribution in [0.15, 0.2) is 5.38 Å². The lowest BCUT2D eigenvalue weighted by atomic mass is 10.1. The predicted octanol–water partition coefficient (Wildman–Crippen LogP) is 1.71. The van der Waals surface area contributed by atoms with Gasteiger partial charge in [-0.2, -0.15) is 0 Å². The minimum absolute atomic E-state index is 0.332. The number of rotatable bonds is 4. The molecular weight excluding hydrogens is 262 g/mol. The quantitative estimate of drug-likeness (QED) is 0.787. The average molecular weight is 283 g/mol. The zero-order valence-corrected chi connectivity index (χ0v) is 12.7. The van der Waals surface area contributed by atoms with Gasteiger partial charge in [0.05, 0.1) is 6.61 Å². The van der Waals surface area contributed by atoms with E-state index in [0.29, 0.717) is 24.3 Å². The van der Waals surface area contributed by atoms with E-state index in [1.165, 1.54) is 11.3 Å². The SMILES string of the molecule is CCOC(=O)c1csc(N2CC(C)C(N(C)C)C2)n1. The molecule has 0 bridgehead atoms. The Morgan fingerprint density at radius 3 is 2.89 bits per heavy atom. The smallest absolute Gasteiger partial charge is 0.357 e. The number of aromatic nitrogens is 1. The first kappa shape index (κ1) is 14.3. The van der Waals surface area contributed by atoms with Crippen molar-refractivity contribution in [1.29, 1.82) is 0 Å². The van der Waals surface area contributed by atoms with Crippen molar-refractivity contribution in [3.63, 3.8) is 0 Å². The van der Waals surface area contributed by atoms with Crippen molar-refractivity contribution in [3.05, 3.63) is 11.1 Å². The van der Waals surface area contributed by atoms with Crippen LogP contribution < -0.4 is 4.90 Å². The van der Waals surface area contributed by atoms with Gasteiger partial charge in [-0.3, -0.25) is 0 Å². The minimum Gasteiger partial charge on any atom is -0.461 e. The number of carbonyl (C=O) groups is 1. The van der Waals surface area contributed by atoms with Gasteiger partial charge in [0, 0.05) is 24.5 Å². The van der Waals surface area contributed by atoms with Crippen LogP contribution in [0.2, 0.25) is 0 Å². The summed E-state index contributed by atoms with van der Waals surface area (Å²) in [6.45, 7) is 6.39. The normalized spacial score (nSPS) is 23.1. The van der Waals surface area contributed by atoms with Gasteiger partial charge in [0.25, 0.3) is 0 Å². The first-order valence-corrected chi connectivity index (χ1v) is 7.45. The third kappa shape index (κ3) is 3.06. The minimum atomic E-state index is -0.332. The maximum Gasteiger partial charge on any atom is 0.357 e. The molecule has 1 aromatic heterocycles. The molecule has 1 aliphatic heterocycles. The second-order valence-electron chi connectivity index (χ2n) is 5.15. The van der Waals surface area contributed by atoms with E-state index in [-0.39, 0.29) is 5.97 Å². The van der Waals surface area contributed by atoms with E-state index in [0.717, 1.165) is 18.2 Å². The van der Waals surface area contributed by atoms with Gasteiger partial charge in [-0.05, 0) is 26.9 Å². The lowest BCUT2D eigenvalue weighted by Crippen LogP contribution is -2.34. The Balaban J connectivity index is 2.06. The summed E-state index contributed by atoms with van der Waals surface area (Å²) in [5.74, 6) is 0.270. The predicted molar refractivity (Wildman–Crippen MR) is 76.9 cm³/mol. The van der Waals surface area contributed by atoms with Crippen LogP contribution in [0.25, 0.3) is 0 Å². The number of carbonyl (C=O) groups excluding carboxylic acids is 1. The molecule has 0 radical (unpaired) electrons. The van der Waals surface area contributed by atoms with Gasteiger partial charge in [0.1, 0.15) is 0 Å². The van der Waals surface area contributed by atoms with Gasteiger partial charge in [0.15, 0.2) is 10.8 Å². The second-order valence-corrected chi connectivity index (χ2v) is 5.99. The Morgan fingerprint density at radius 2 is 2.32 bits per heavy atom. The molecule has 2 unspecified atom stereocenters. The topological polar surface area (TPSA) is 45.7 Å². The summed E-state index contributed by atoms with van der Waals surface area (Å²) in [5.41, 5.74) is 0.419. The molecule has 0 N–H and O–H groups in total. The van der Waals surface area contributed by atoms with Gasteiger partial charge >= 0.3 is 5.97 Å². The van der Waals surface area contributed by atoms with Crippen molar-refractivity contribution in [2.75, 3.05) is 38.7 Å². The Morgan fingerprint density at radius 1 is 1.58 bits per heavy atom. The molecule has 1 saturated heterocycles. The van der Waals surface area contributed by atoms with Crippen molar-refractivity contribution in [1.82, 2.24) is 9.88 Å². The lowest BCUT2D eigenvalue weighted by Gasteiger charge is -2.22. The summed E-state index contributed by atoms with van der Waals surface area (Å²) < 4.78 is 4.96.